The van der Waals surface area contributed by atoms with Gasteiger partial charge in [-0.1, -0.05) is 6.42 Å². The number of hydrogen-bond donors (Lipinski definition) is 1. The monoisotopic (exact) mass is 261 g/mol. The van der Waals surface area contributed by atoms with Gasteiger partial charge in [0, 0.05) is 31.9 Å². The molecule has 0 radical (unpaired) electrons. The number of hydrogen-bond acceptors (Lipinski definition) is 3. The van der Waals surface area contributed by atoms with Crippen molar-refractivity contribution in [2.45, 2.75) is 25.7 Å². The molecule has 1 aromatic heterocycles. The van der Waals surface area contributed by atoms with Crippen molar-refractivity contribution in [2.24, 2.45) is 17.6 Å². The van der Waals surface area contributed by atoms with Crippen LogP contribution in [0.3, 0.4) is 0 Å². The standard InChI is InChI=1S/C15H23N3O/c1-18(10-7-12-5-8-17-9-6-12)15(19)14-4-2-3-13(14)11-16/h5-6,8-9,13-14H,2-4,7,10-11,16H2,1H3/t13-,14-/m1/s1. The highest BCUT2D eigenvalue weighted by Crippen LogP contribution is 2.32. The zero-order chi connectivity index (χ0) is 13.7. The van der Waals surface area contributed by atoms with Gasteiger partial charge in [0.25, 0.3) is 0 Å². The van der Waals surface area contributed by atoms with Crippen molar-refractivity contribution in [2.75, 3.05) is 20.1 Å². The molecule has 1 fully saturated rings. The summed E-state index contributed by atoms with van der Waals surface area (Å²) in [6.07, 6.45) is 7.70. The van der Waals surface area contributed by atoms with Gasteiger partial charge in [0.1, 0.15) is 0 Å². The maximum Gasteiger partial charge on any atom is 0.225 e. The number of nitrogens with zero attached hydrogens (tertiary/aromatic N) is 2. The van der Waals surface area contributed by atoms with E-state index in [-0.39, 0.29) is 11.8 Å². The van der Waals surface area contributed by atoms with Crippen LogP contribution in [0.15, 0.2) is 24.5 Å². The summed E-state index contributed by atoms with van der Waals surface area (Å²) < 4.78 is 0. The fourth-order valence-corrected chi connectivity index (χ4v) is 2.88. The van der Waals surface area contributed by atoms with E-state index < -0.39 is 0 Å². The van der Waals surface area contributed by atoms with Crippen LogP contribution >= 0.6 is 0 Å². The third-order valence-corrected chi connectivity index (χ3v) is 4.14. The fourth-order valence-electron chi connectivity index (χ4n) is 2.88. The van der Waals surface area contributed by atoms with Crippen LogP contribution in [0.4, 0.5) is 0 Å². The Hall–Kier alpha value is -1.42. The highest BCUT2D eigenvalue weighted by atomic mass is 16.2. The first-order chi connectivity index (χ1) is 9.22. The number of pyridine rings is 1. The molecule has 2 N–H and O–H groups in total. The van der Waals surface area contributed by atoms with Crippen molar-refractivity contribution in [1.29, 1.82) is 0 Å². The van der Waals surface area contributed by atoms with E-state index in [2.05, 4.69) is 4.98 Å². The van der Waals surface area contributed by atoms with E-state index in [9.17, 15) is 4.79 Å². The van der Waals surface area contributed by atoms with Crippen LogP contribution in [0.5, 0.6) is 0 Å². The smallest absolute Gasteiger partial charge is 0.225 e. The first-order valence-corrected chi connectivity index (χ1v) is 7.06. The number of carbonyl (C=O) groups excluding carboxylic acids is 1. The zero-order valence-corrected chi connectivity index (χ0v) is 11.6. The molecule has 2 atom stereocenters. The Kier molecular flexibility index (Phi) is 4.91. The molecule has 4 heteroatoms. The van der Waals surface area contributed by atoms with E-state index in [1.54, 1.807) is 12.4 Å². The number of aromatic nitrogens is 1. The summed E-state index contributed by atoms with van der Waals surface area (Å²) in [7, 11) is 1.90. The van der Waals surface area contributed by atoms with Crippen LogP contribution < -0.4 is 5.73 Å². The minimum absolute atomic E-state index is 0.146. The highest BCUT2D eigenvalue weighted by Gasteiger charge is 2.33. The van der Waals surface area contributed by atoms with E-state index in [1.165, 1.54) is 5.56 Å². The topological polar surface area (TPSA) is 59.2 Å². The summed E-state index contributed by atoms with van der Waals surface area (Å²) >= 11 is 0. The molecule has 1 saturated carbocycles. The van der Waals surface area contributed by atoms with E-state index in [4.69, 9.17) is 5.73 Å². The molecule has 2 rings (SSSR count). The van der Waals surface area contributed by atoms with Gasteiger partial charge < -0.3 is 10.6 Å². The molecule has 0 aromatic carbocycles. The summed E-state index contributed by atoms with van der Waals surface area (Å²) in [6, 6.07) is 3.99. The first-order valence-electron chi connectivity index (χ1n) is 7.06. The minimum Gasteiger partial charge on any atom is -0.345 e. The molecule has 0 saturated heterocycles. The largest absolute Gasteiger partial charge is 0.345 e. The second kappa shape index (κ2) is 6.66. The lowest BCUT2D eigenvalue weighted by molar-refractivity contribution is -0.135. The van der Waals surface area contributed by atoms with Gasteiger partial charge in [-0.3, -0.25) is 9.78 Å². The Morgan fingerprint density at radius 2 is 2.16 bits per heavy atom. The molecule has 19 heavy (non-hydrogen) atoms. The van der Waals surface area contributed by atoms with Crippen LogP contribution in [0.1, 0.15) is 24.8 Å². The molecule has 1 aliphatic carbocycles. The molecule has 0 aliphatic heterocycles. The molecule has 104 valence electrons. The number of amides is 1. The molecular formula is C15H23N3O. The number of likely N-dealkylation sites (N-methyl/N-ethyl adjacent to an activating group) is 1. The average molecular weight is 261 g/mol. The van der Waals surface area contributed by atoms with Gasteiger partial charge in [-0.25, -0.2) is 0 Å². The fraction of sp³-hybridized carbons (Fsp3) is 0.600. The van der Waals surface area contributed by atoms with E-state index in [1.807, 2.05) is 24.1 Å². The maximum absolute atomic E-state index is 12.4. The maximum atomic E-state index is 12.4. The first kappa shape index (κ1) is 14.0. The van der Waals surface area contributed by atoms with Crippen LogP contribution in [0, 0.1) is 11.8 Å². The van der Waals surface area contributed by atoms with Crippen LogP contribution in [0.2, 0.25) is 0 Å². The molecule has 0 bridgehead atoms. The van der Waals surface area contributed by atoms with Gasteiger partial charge in [-0.15, -0.1) is 0 Å². The Bertz CT molecular complexity index is 407. The normalized spacial score (nSPS) is 22.4. The molecule has 0 unspecified atom stereocenters. The second-order valence-corrected chi connectivity index (χ2v) is 5.40. The molecule has 0 spiro atoms. The lowest BCUT2D eigenvalue weighted by atomic mass is 9.95. The summed E-state index contributed by atoms with van der Waals surface area (Å²) in [5.41, 5.74) is 6.97. The van der Waals surface area contributed by atoms with E-state index >= 15 is 0 Å². The Morgan fingerprint density at radius 3 is 2.84 bits per heavy atom. The quantitative estimate of drug-likeness (QED) is 0.873. The third-order valence-electron chi connectivity index (χ3n) is 4.14. The van der Waals surface area contributed by atoms with Gasteiger partial charge in [0.2, 0.25) is 5.91 Å². The summed E-state index contributed by atoms with van der Waals surface area (Å²) in [4.78, 5) is 18.3. The van der Waals surface area contributed by atoms with Crippen LogP contribution in [0.25, 0.3) is 0 Å². The van der Waals surface area contributed by atoms with Gasteiger partial charge in [-0.05, 0) is 49.4 Å². The van der Waals surface area contributed by atoms with Crippen molar-refractivity contribution in [3.05, 3.63) is 30.1 Å². The SMILES string of the molecule is CN(CCc1ccncc1)C(=O)[C@@H]1CCC[C@@H]1CN. The van der Waals surface area contributed by atoms with Gasteiger partial charge in [-0.2, -0.15) is 0 Å². The number of nitrogens with two attached hydrogens (primary N) is 1. The molecular weight excluding hydrogens is 238 g/mol. The number of carbonyl (C=O) groups is 1. The Labute approximate surface area is 115 Å². The zero-order valence-electron chi connectivity index (χ0n) is 11.6. The van der Waals surface area contributed by atoms with Crippen molar-refractivity contribution in [3.8, 4) is 0 Å². The predicted octanol–water partition coefficient (Wildman–Crippen LogP) is 1.46. The van der Waals surface area contributed by atoms with Gasteiger partial charge in [0.15, 0.2) is 0 Å². The lowest BCUT2D eigenvalue weighted by Gasteiger charge is -2.24. The minimum atomic E-state index is 0.146. The van der Waals surface area contributed by atoms with Gasteiger partial charge in [0.05, 0.1) is 0 Å². The average Bonchev–Trinajstić information content (AvgIpc) is 2.93. The number of rotatable bonds is 5. The lowest BCUT2D eigenvalue weighted by Crippen LogP contribution is -2.37. The third kappa shape index (κ3) is 3.53. The summed E-state index contributed by atoms with van der Waals surface area (Å²) in [5.74, 6) is 0.797. The Balaban J connectivity index is 1.85. The van der Waals surface area contributed by atoms with Crippen molar-refractivity contribution >= 4 is 5.91 Å². The second-order valence-electron chi connectivity index (χ2n) is 5.40. The van der Waals surface area contributed by atoms with Crippen LogP contribution in [-0.2, 0) is 11.2 Å². The predicted molar refractivity (Wildman–Crippen MR) is 75.5 cm³/mol. The molecule has 1 aromatic rings. The summed E-state index contributed by atoms with van der Waals surface area (Å²) in [6.45, 7) is 1.39. The molecule has 4 nitrogen and oxygen atoms in total. The summed E-state index contributed by atoms with van der Waals surface area (Å²) in [5, 5.41) is 0. The van der Waals surface area contributed by atoms with Crippen molar-refractivity contribution in [1.82, 2.24) is 9.88 Å². The van der Waals surface area contributed by atoms with E-state index in [0.717, 1.165) is 32.2 Å². The van der Waals surface area contributed by atoms with Crippen molar-refractivity contribution in [3.63, 3.8) is 0 Å². The Morgan fingerprint density at radius 1 is 1.42 bits per heavy atom. The van der Waals surface area contributed by atoms with Crippen LogP contribution in [-0.4, -0.2) is 35.9 Å². The molecule has 1 amide bonds. The van der Waals surface area contributed by atoms with Gasteiger partial charge >= 0.3 is 0 Å². The molecule has 1 aliphatic rings. The molecule has 1 heterocycles. The highest BCUT2D eigenvalue weighted by molar-refractivity contribution is 5.79. The van der Waals surface area contributed by atoms with Crippen molar-refractivity contribution < 1.29 is 4.79 Å². The van der Waals surface area contributed by atoms with E-state index in [0.29, 0.717) is 12.5 Å².